The predicted octanol–water partition coefficient (Wildman–Crippen LogP) is 12.9. The molecule has 4 aromatic rings. The second kappa shape index (κ2) is 13.3. The maximum atomic E-state index is 4.69. The number of allylic oxidation sites excluding steroid dienone is 12. The summed E-state index contributed by atoms with van der Waals surface area (Å²) in [6, 6.07) is 24.6. The SMILES string of the molecule is C=C(/C=C(\C=C(/C)C1=CCCC=C1)C(=C/C)/c1c(C)c(C)c(/C=C\C)n1C)c1ccc2c(c1)C(C)(C)c1cc(-c3ccccc3)ccc1-2. The van der Waals surface area contributed by atoms with E-state index in [1.165, 1.54) is 78.2 Å². The third kappa shape index (κ3) is 5.88. The lowest BCUT2D eigenvalue weighted by molar-refractivity contribution is 0.660. The summed E-state index contributed by atoms with van der Waals surface area (Å²) >= 11 is 0. The number of nitrogens with zero attached hydrogens (tertiary/aromatic N) is 1. The Kier molecular flexibility index (Phi) is 9.17. The normalized spacial score (nSPS) is 15.9. The molecule has 1 aromatic heterocycles. The Bertz CT molecular complexity index is 2090. The zero-order valence-corrected chi connectivity index (χ0v) is 30.0. The van der Waals surface area contributed by atoms with Gasteiger partial charge < -0.3 is 4.57 Å². The van der Waals surface area contributed by atoms with Crippen molar-refractivity contribution in [2.45, 2.75) is 66.7 Å². The van der Waals surface area contributed by atoms with E-state index in [-0.39, 0.29) is 5.41 Å². The van der Waals surface area contributed by atoms with E-state index in [1.807, 2.05) is 0 Å². The number of hydrogen-bond donors (Lipinski definition) is 0. The summed E-state index contributed by atoms with van der Waals surface area (Å²) < 4.78 is 2.35. The van der Waals surface area contributed by atoms with Crippen molar-refractivity contribution in [2.75, 3.05) is 0 Å². The van der Waals surface area contributed by atoms with Crippen LogP contribution in [0.4, 0.5) is 0 Å². The molecule has 0 saturated heterocycles. The van der Waals surface area contributed by atoms with E-state index in [0.717, 1.165) is 24.0 Å². The van der Waals surface area contributed by atoms with E-state index < -0.39 is 0 Å². The molecule has 1 heterocycles. The molecule has 0 radical (unpaired) electrons. The third-order valence-electron chi connectivity index (χ3n) is 10.5. The van der Waals surface area contributed by atoms with Crippen molar-refractivity contribution in [3.05, 3.63) is 172 Å². The fourth-order valence-electron chi connectivity index (χ4n) is 7.65. The second-order valence-electron chi connectivity index (χ2n) is 13.8. The molecule has 48 heavy (non-hydrogen) atoms. The Hall–Kier alpha value is -4.88. The van der Waals surface area contributed by atoms with Crippen LogP contribution < -0.4 is 0 Å². The summed E-state index contributed by atoms with van der Waals surface area (Å²) in [5.74, 6) is 0. The van der Waals surface area contributed by atoms with Crippen LogP contribution in [0.25, 0.3) is 39.5 Å². The lowest BCUT2D eigenvalue weighted by Crippen LogP contribution is -2.15. The minimum absolute atomic E-state index is 0.121. The molecule has 2 aliphatic carbocycles. The molecule has 0 saturated carbocycles. The number of hydrogen-bond acceptors (Lipinski definition) is 0. The Balaban J connectivity index is 1.44. The maximum absolute atomic E-state index is 4.69. The lowest BCUT2D eigenvalue weighted by atomic mass is 9.80. The van der Waals surface area contributed by atoms with Gasteiger partial charge in [-0.25, -0.2) is 0 Å². The standard InChI is InChI=1S/C47H49N/c1-10-18-45-33(5)34(6)46(48(45)9)40(11-2)39(27-31(3)35-19-14-12-15-20-35)28-32(4)37-23-25-41-42-26-24-38(36-21-16-13-17-22-36)30-44(42)47(7,8)43(41)29-37/h10-11,13-14,16-30H,4,12,15H2,1-3,5-9H3/b18-10-,31-27+,39-28+,40-11-. The van der Waals surface area contributed by atoms with Crippen molar-refractivity contribution in [2.24, 2.45) is 7.05 Å². The van der Waals surface area contributed by atoms with Crippen LogP contribution in [0.2, 0.25) is 0 Å². The van der Waals surface area contributed by atoms with Crippen LogP contribution in [-0.4, -0.2) is 4.57 Å². The number of fused-ring (bicyclic) bond motifs is 3. The van der Waals surface area contributed by atoms with Gasteiger partial charge >= 0.3 is 0 Å². The number of benzene rings is 3. The Morgan fingerprint density at radius 1 is 0.833 bits per heavy atom. The van der Waals surface area contributed by atoms with Gasteiger partial charge in [0.05, 0.1) is 5.69 Å². The van der Waals surface area contributed by atoms with Crippen molar-refractivity contribution in [1.29, 1.82) is 0 Å². The van der Waals surface area contributed by atoms with Crippen LogP contribution in [0, 0.1) is 13.8 Å². The van der Waals surface area contributed by atoms with E-state index >= 15 is 0 Å². The molecule has 1 nitrogen and oxygen atoms in total. The van der Waals surface area contributed by atoms with Gasteiger partial charge in [-0.3, -0.25) is 0 Å². The third-order valence-corrected chi connectivity index (χ3v) is 10.5. The molecule has 6 rings (SSSR count). The second-order valence-corrected chi connectivity index (χ2v) is 13.8. The summed E-state index contributed by atoms with van der Waals surface area (Å²) in [5, 5.41) is 0. The molecule has 0 fully saturated rings. The van der Waals surface area contributed by atoms with Crippen molar-refractivity contribution < 1.29 is 0 Å². The molecule has 1 heteroatoms. The lowest BCUT2D eigenvalue weighted by Gasteiger charge is -2.23. The summed E-state index contributed by atoms with van der Waals surface area (Å²) in [5.41, 5.74) is 20.0. The van der Waals surface area contributed by atoms with Gasteiger partial charge in [-0.05, 0) is 144 Å². The van der Waals surface area contributed by atoms with Crippen molar-refractivity contribution in [3.63, 3.8) is 0 Å². The maximum Gasteiger partial charge on any atom is 0.0517 e. The zero-order valence-electron chi connectivity index (χ0n) is 30.0. The smallest absolute Gasteiger partial charge is 0.0517 e. The molecule has 0 amide bonds. The number of rotatable bonds is 8. The summed E-state index contributed by atoms with van der Waals surface area (Å²) in [6.45, 7) is 20.4. The van der Waals surface area contributed by atoms with Crippen LogP contribution in [-0.2, 0) is 12.5 Å². The first-order valence-corrected chi connectivity index (χ1v) is 17.3. The Morgan fingerprint density at radius 2 is 1.54 bits per heavy atom. The minimum Gasteiger partial charge on any atom is -0.344 e. The number of aromatic nitrogens is 1. The fourth-order valence-corrected chi connectivity index (χ4v) is 7.65. The van der Waals surface area contributed by atoms with Crippen molar-refractivity contribution in [1.82, 2.24) is 4.57 Å². The van der Waals surface area contributed by atoms with Crippen LogP contribution in [0.1, 0.15) is 86.7 Å². The molecule has 0 N–H and O–H groups in total. The van der Waals surface area contributed by atoms with Gasteiger partial charge in [0.15, 0.2) is 0 Å². The van der Waals surface area contributed by atoms with E-state index in [4.69, 9.17) is 0 Å². The summed E-state index contributed by atoms with van der Waals surface area (Å²) in [4.78, 5) is 0. The highest BCUT2D eigenvalue weighted by molar-refractivity contribution is 5.90. The quantitative estimate of drug-likeness (QED) is 0.171. The van der Waals surface area contributed by atoms with Crippen LogP contribution in [0.15, 0.2) is 133 Å². The van der Waals surface area contributed by atoms with Gasteiger partial charge in [-0.15, -0.1) is 0 Å². The topological polar surface area (TPSA) is 4.93 Å². The fraction of sp³-hybridized carbons (Fsp3) is 0.234. The first kappa shape index (κ1) is 33.0. The molecule has 2 aliphatic rings. The van der Waals surface area contributed by atoms with Gasteiger partial charge in [0.2, 0.25) is 0 Å². The molecule has 0 atom stereocenters. The van der Waals surface area contributed by atoms with Crippen molar-refractivity contribution in [3.8, 4) is 22.3 Å². The van der Waals surface area contributed by atoms with Crippen LogP contribution in [0.3, 0.4) is 0 Å². The first-order valence-electron chi connectivity index (χ1n) is 17.3. The Morgan fingerprint density at radius 3 is 2.21 bits per heavy atom. The average molecular weight is 628 g/mol. The zero-order chi connectivity index (χ0) is 34.2. The monoisotopic (exact) mass is 627 g/mol. The van der Waals surface area contributed by atoms with E-state index in [0.29, 0.717) is 0 Å². The highest BCUT2D eigenvalue weighted by Gasteiger charge is 2.36. The Labute approximate surface area is 288 Å². The molecule has 3 aromatic carbocycles. The minimum atomic E-state index is -0.121. The largest absolute Gasteiger partial charge is 0.344 e. The molecule has 0 bridgehead atoms. The summed E-state index contributed by atoms with van der Waals surface area (Å²) in [6.07, 6.45) is 20.4. The van der Waals surface area contributed by atoms with Gasteiger partial charge in [-0.2, -0.15) is 0 Å². The van der Waals surface area contributed by atoms with E-state index in [2.05, 4.69) is 182 Å². The van der Waals surface area contributed by atoms with Gasteiger partial charge in [0.25, 0.3) is 0 Å². The molecule has 0 aliphatic heterocycles. The van der Waals surface area contributed by atoms with Gasteiger partial charge in [0, 0.05) is 23.7 Å². The van der Waals surface area contributed by atoms with E-state index in [9.17, 15) is 0 Å². The molecular formula is C47H49N. The molecular weight excluding hydrogens is 579 g/mol. The van der Waals surface area contributed by atoms with Gasteiger partial charge in [-0.1, -0.05) is 111 Å². The highest BCUT2D eigenvalue weighted by atomic mass is 15.0. The average Bonchev–Trinajstić information content (AvgIpc) is 3.46. The predicted molar refractivity (Wildman–Crippen MR) is 210 cm³/mol. The molecule has 0 spiro atoms. The van der Waals surface area contributed by atoms with E-state index in [1.54, 1.807) is 0 Å². The first-order chi connectivity index (χ1) is 23.1. The van der Waals surface area contributed by atoms with Crippen molar-refractivity contribution >= 4 is 17.2 Å². The summed E-state index contributed by atoms with van der Waals surface area (Å²) in [7, 11) is 2.19. The highest BCUT2D eigenvalue weighted by Crippen LogP contribution is 2.50. The van der Waals surface area contributed by atoms with Crippen LogP contribution >= 0.6 is 0 Å². The molecule has 242 valence electrons. The van der Waals surface area contributed by atoms with Crippen LogP contribution in [0.5, 0.6) is 0 Å². The molecule has 0 unspecified atom stereocenters. The van der Waals surface area contributed by atoms with Gasteiger partial charge in [0.1, 0.15) is 0 Å².